The molecule has 214 valence electrons. The number of aromatic amines is 1. The van der Waals surface area contributed by atoms with Crippen LogP contribution in [-0.4, -0.2) is 36.3 Å². The molecular formula is C34H28N4O5. The number of benzene rings is 4. The number of nitrogens with zero attached hydrogens (tertiary/aromatic N) is 2. The maximum absolute atomic E-state index is 13.4. The minimum atomic E-state index is -0.590. The number of ether oxygens (including phenoxy) is 3. The van der Waals surface area contributed by atoms with Crippen LogP contribution in [0.25, 0.3) is 22.0 Å². The van der Waals surface area contributed by atoms with Crippen molar-refractivity contribution in [3.8, 4) is 34.4 Å². The highest BCUT2D eigenvalue weighted by atomic mass is 16.5. The van der Waals surface area contributed by atoms with Crippen molar-refractivity contribution in [1.82, 2.24) is 10.4 Å². The Balaban J connectivity index is 1.38. The second-order valence-electron chi connectivity index (χ2n) is 9.23. The lowest BCUT2D eigenvalue weighted by Gasteiger charge is -2.12. The van der Waals surface area contributed by atoms with Gasteiger partial charge in [0, 0.05) is 16.5 Å². The summed E-state index contributed by atoms with van der Waals surface area (Å²) < 4.78 is 16.9. The molecule has 0 unspecified atom stereocenters. The molecule has 0 aliphatic rings. The fraction of sp³-hybridized carbons (Fsp3) is 0.118. The number of esters is 1. The van der Waals surface area contributed by atoms with Crippen LogP contribution in [0.3, 0.4) is 0 Å². The molecule has 2 N–H and O–H groups in total. The smallest absolute Gasteiger partial charge is 0.343 e. The minimum absolute atomic E-state index is 0.256. The largest absolute Gasteiger partial charge is 0.490 e. The molecule has 1 heterocycles. The van der Waals surface area contributed by atoms with Gasteiger partial charge in [-0.15, -0.1) is 0 Å². The van der Waals surface area contributed by atoms with E-state index in [2.05, 4.69) is 21.6 Å². The zero-order chi connectivity index (χ0) is 30.2. The number of rotatable bonds is 10. The third kappa shape index (κ3) is 6.24. The van der Waals surface area contributed by atoms with Gasteiger partial charge in [0.1, 0.15) is 17.5 Å². The number of para-hydroxylation sites is 2. The first-order chi connectivity index (χ1) is 21.0. The summed E-state index contributed by atoms with van der Waals surface area (Å²) in [6.07, 6.45) is 1.40. The van der Waals surface area contributed by atoms with Crippen LogP contribution >= 0.6 is 0 Å². The lowest BCUT2D eigenvalue weighted by Crippen LogP contribution is -2.19. The van der Waals surface area contributed by atoms with Crippen LogP contribution in [0, 0.1) is 11.3 Å². The average Bonchev–Trinajstić information content (AvgIpc) is 3.43. The Morgan fingerprint density at radius 1 is 0.884 bits per heavy atom. The first-order valence-electron chi connectivity index (χ1n) is 13.7. The number of hydrazone groups is 1. The molecule has 0 radical (unpaired) electrons. The van der Waals surface area contributed by atoms with Crippen LogP contribution in [-0.2, 0) is 0 Å². The zero-order valence-corrected chi connectivity index (χ0v) is 23.6. The lowest BCUT2D eigenvalue weighted by molar-refractivity contribution is 0.0733. The second kappa shape index (κ2) is 13.2. The van der Waals surface area contributed by atoms with E-state index >= 15 is 0 Å². The van der Waals surface area contributed by atoms with Gasteiger partial charge < -0.3 is 19.2 Å². The summed E-state index contributed by atoms with van der Waals surface area (Å²) in [6, 6.07) is 28.6. The summed E-state index contributed by atoms with van der Waals surface area (Å²) in [7, 11) is 0. The molecule has 0 bridgehead atoms. The number of nitriles is 1. The molecule has 43 heavy (non-hydrogen) atoms. The van der Waals surface area contributed by atoms with Gasteiger partial charge >= 0.3 is 5.97 Å². The normalized spacial score (nSPS) is 10.8. The highest BCUT2D eigenvalue weighted by Crippen LogP contribution is 2.34. The fourth-order valence-electron chi connectivity index (χ4n) is 4.62. The Labute approximate surface area is 248 Å². The van der Waals surface area contributed by atoms with Gasteiger partial charge in [0.15, 0.2) is 11.5 Å². The standard InChI is InChI=1S/C34H28N4O5/c1-3-41-28-18-17-23(19-29(28)42-4-2)34(40)43-27-16-9-8-13-25(27)21-36-38-33(39)32-30(22-11-6-5-7-12-22)26-15-10-14-24(20-35)31(26)37-32/h5-19,21,37H,3-4H2,1-2H3,(H,38,39). The van der Waals surface area contributed by atoms with Gasteiger partial charge in [-0.25, -0.2) is 10.2 Å². The van der Waals surface area contributed by atoms with Gasteiger partial charge in [0.05, 0.1) is 36.1 Å². The van der Waals surface area contributed by atoms with Crippen LogP contribution in [0.2, 0.25) is 0 Å². The second-order valence-corrected chi connectivity index (χ2v) is 9.23. The summed E-state index contributed by atoms with van der Waals surface area (Å²) >= 11 is 0. The number of hydrogen-bond acceptors (Lipinski definition) is 7. The molecule has 0 aliphatic heterocycles. The average molecular weight is 573 g/mol. The number of fused-ring (bicyclic) bond motifs is 1. The third-order valence-corrected chi connectivity index (χ3v) is 6.51. The molecule has 0 atom stereocenters. The topological polar surface area (TPSA) is 126 Å². The number of H-pyrrole nitrogens is 1. The molecule has 0 aliphatic carbocycles. The highest BCUT2D eigenvalue weighted by molar-refractivity contribution is 6.10. The van der Waals surface area contributed by atoms with Crippen LogP contribution < -0.4 is 19.6 Å². The molecule has 0 saturated heterocycles. The molecule has 1 aromatic heterocycles. The molecular weight excluding hydrogens is 544 g/mol. The number of hydrogen-bond donors (Lipinski definition) is 2. The van der Waals surface area contributed by atoms with Gasteiger partial charge in [0.2, 0.25) is 0 Å². The van der Waals surface area contributed by atoms with Crippen LogP contribution in [0.4, 0.5) is 0 Å². The number of nitrogens with one attached hydrogen (secondary N) is 2. The predicted molar refractivity (Wildman–Crippen MR) is 164 cm³/mol. The fourth-order valence-corrected chi connectivity index (χ4v) is 4.62. The van der Waals surface area contributed by atoms with E-state index in [1.54, 1.807) is 54.6 Å². The van der Waals surface area contributed by atoms with E-state index in [1.165, 1.54) is 6.21 Å². The Morgan fingerprint density at radius 2 is 1.63 bits per heavy atom. The Bertz CT molecular complexity index is 1850. The third-order valence-electron chi connectivity index (χ3n) is 6.51. The Morgan fingerprint density at radius 3 is 2.40 bits per heavy atom. The Hall–Kier alpha value is -5.88. The van der Waals surface area contributed by atoms with Crippen molar-refractivity contribution in [2.24, 2.45) is 5.10 Å². The SMILES string of the molecule is CCOc1ccc(C(=O)Oc2ccccc2C=NNC(=O)c2[nH]c3c(C#N)cccc3c2-c2ccccc2)cc1OCC. The number of carbonyl (C=O) groups is 2. The van der Waals surface area contributed by atoms with Crippen LogP contribution in [0.1, 0.15) is 45.8 Å². The summed E-state index contributed by atoms with van der Waals surface area (Å²) in [5.74, 6) is 0.158. The molecule has 0 spiro atoms. The summed E-state index contributed by atoms with van der Waals surface area (Å²) in [5.41, 5.74) is 6.05. The van der Waals surface area contributed by atoms with E-state index in [0.717, 1.165) is 10.9 Å². The van der Waals surface area contributed by atoms with E-state index in [9.17, 15) is 14.9 Å². The van der Waals surface area contributed by atoms with Gasteiger partial charge in [-0.1, -0.05) is 54.6 Å². The van der Waals surface area contributed by atoms with Gasteiger partial charge in [-0.2, -0.15) is 10.4 Å². The van der Waals surface area contributed by atoms with E-state index in [1.807, 2.05) is 50.2 Å². The van der Waals surface area contributed by atoms with Crippen molar-refractivity contribution < 1.29 is 23.8 Å². The van der Waals surface area contributed by atoms with E-state index in [4.69, 9.17) is 14.2 Å². The Kier molecular flexibility index (Phi) is 8.78. The van der Waals surface area contributed by atoms with Crippen molar-refractivity contribution >= 4 is 29.0 Å². The number of aromatic nitrogens is 1. The monoisotopic (exact) mass is 572 g/mol. The maximum Gasteiger partial charge on any atom is 0.343 e. The lowest BCUT2D eigenvalue weighted by atomic mass is 10.0. The molecule has 0 saturated carbocycles. The number of carbonyl (C=O) groups excluding carboxylic acids is 2. The van der Waals surface area contributed by atoms with Crippen molar-refractivity contribution in [2.45, 2.75) is 13.8 Å². The molecule has 9 heteroatoms. The first kappa shape index (κ1) is 28.6. The molecule has 9 nitrogen and oxygen atoms in total. The van der Waals surface area contributed by atoms with E-state index in [0.29, 0.717) is 46.9 Å². The van der Waals surface area contributed by atoms with Crippen molar-refractivity contribution in [2.75, 3.05) is 13.2 Å². The maximum atomic E-state index is 13.4. The van der Waals surface area contributed by atoms with Crippen molar-refractivity contribution in [3.05, 3.63) is 113 Å². The molecule has 4 aromatic carbocycles. The quantitative estimate of drug-likeness (QED) is 0.0853. The van der Waals surface area contributed by atoms with E-state index in [-0.39, 0.29) is 17.0 Å². The van der Waals surface area contributed by atoms with Crippen molar-refractivity contribution in [3.63, 3.8) is 0 Å². The zero-order valence-electron chi connectivity index (χ0n) is 23.6. The van der Waals surface area contributed by atoms with Gasteiger partial charge in [-0.3, -0.25) is 4.79 Å². The molecule has 0 fully saturated rings. The van der Waals surface area contributed by atoms with Crippen molar-refractivity contribution in [1.29, 1.82) is 5.26 Å². The molecule has 1 amide bonds. The highest BCUT2D eigenvalue weighted by Gasteiger charge is 2.21. The minimum Gasteiger partial charge on any atom is -0.490 e. The number of amides is 1. The van der Waals surface area contributed by atoms with Crippen LogP contribution in [0.5, 0.6) is 17.2 Å². The molecule has 5 rings (SSSR count). The summed E-state index contributed by atoms with van der Waals surface area (Å²) in [6.45, 7) is 4.58. The summed E-state index contributed by atoms with van der Waals surface area (Å²) in [5, 5.41) is 14.5. The first-order valence-corrected chi connectivity index (χ1v) is 13.7. The van der Waals surface area contributed by atoms with E-state index < -0.39 is 11.9 Å². The summed E-state index contributed by atoms with van der Waals surface area (Å²) in [4.78, 5) is 29.5. The predicted octanol–water partition coefficient (Wildman–Crippen LogP) is 6.49. The molecule has 5 aromatic rings. The van der Waals surface area contributed by atoms with Crippen LogP contribution in [0.15, 0.2) is 96.1 Å². The van der Waals surface area contributed by atoms with Gasteiger partial charge in [0.25, 0.3) is 5.91 Å². The van der Waals surface area contributed by atoms with Gasteiger partial charge in [-0.05, 0) is 55.8 Å².